The molecule has 246 valence electrons. The maximum Gasteiger partial charge on any atom is 0.351 e. The van der Waals surface area contributed by atoms with E-state index in [1.165, 1.54) is 6.07 Å². The molecule has 7 rings (SSSR count). The molecule has 2 saturated carbocycles. The van der Waals surface area contributed by atoms with Crippen molar-refractivity contribution in [1.82, 2.24) is 0 Å². The van der Waals surface area contributed by atoms with Crippen molar-refractivity contribution in [3.8, 4) is 5.75 Å². The van der Waals surface area contributed by atoms with Crippen molar-refractivity contribution in [2.24, 2.45) is 21.7 Å². The van der Waals surface area contributed by atoms with Crippen LogP contribution >= 0.6 is 0 Å². The van der Waals surface area contributed by atoms with Gasteiger partial charge in [0.15, 0.2) is 12.2 Å². The highest BCUT2D eigenvalue weighted by molar-refractivity contribution is 5.95. The van der Waals surface area contributed by atoms with E-state index in [0.717, 1.165) is 0 Å². The third-order valence-electron chi connectivity index (χ3n) is 13.0. The molecule has 2 aromatic rings. The molecule has 3 aliphatic heterocycles. The number of ether oxygens (including phenoxy) is 5. The van der Waals surface area contributed by atoms with E-state index in [0.29, 0.717) is 23.8 Å². The highest BCUT2D eigenvalue weighted by Gasteiger charge is 2.78. The molecule has 0 spiro atoms. The van der Waals surface area contributed by atoms with Crippen molar-refractivity contribution in [3.63, 3.8) is 0 Å². The van der Waals surface area contributed by atoms with Gasteiger partial charge in [0.2, 0.25) is 11.2 Å². The van der Waals surface area contributed by atoms with Crippen molar-refractivity contribution in [2.75, 3.05) is 0 Å². The second-order valence-electron chi connectivity index (χ2n) is 15.8. The van der Waals surface area contributed by atoms with E-state index >= 15 is 0 Å². The van der Waals surface area contributed by atoms with Crippen LogP contribution in [-0.4, -0.2) is 46.8 Å². The van der Waals surface area contributed by atoms with E-state index in [9.17, 15) is 24.0 Å². The Morgan fingerprint density at radius 3 is 1.74 bits per heavy atom. The first-order valence-electron chi connectivity index (χ1n) is 15.8. The van der Waals surface area contributed by atoms with Crippen LogP contribution in [0.15, 0.2) is 27.4 Å². The minimum absolute atomic E-state index is 0.118. The first-order valence-corrected chi connectivity index (χ1v) is 15.8. The predicted molar refractivity (Wildman–Crippen MR) is 161 cm³/mol. The Labute approximate surface area is 266 Å². The molecule has 5 aliphatic rings. The number of hydrogen-bond donors (Lipinski definition) is 0. The molecular formula is C35H40O11. The van der Waals surface area contributed by atoms with Gasteiger partial charge in [0, 0.05) is 22.3 Å². The average molecular weight is 637 g/mol. The smallest absolute Gasteiger partial charge is 0.351 e. The molecule has 11 heteroatoms. The van der Waals surface area contributed by atoms with Gasteiger partial charge < -0.3 is 28.1 Å². The molecule has 1 aromatic carbocycles. The number of rotatable bonds is 4. The van der Waals surface area contributed by atoms with E-state index in [4.69, 9.17) is 28.1 Å². The van der Waals surface area contributed by atoms with Crippen LogP contribution in [0, 0.1) is 28.6 Å². The van der Waals surface area contributed by atoms with Crippen LogP contribution in [0.1, 0.15) is 98.3 Å². The van der Waals surface area contributed by atoms with Crippen molar-refractivity contribution in [2.45, 2.75) is 117 Å². The number of aryl methyl sites for hydroxylation is 1. The lowest BCUT2D eigenvalue weighted by atomic mass is 9.66. The molecule has 6 atom stereocenters. The quantitative estimate of drug-likeness (QED) is 0.254. The molecule has 4 fully saturated rings. The highest BCUT2D eigenvalue weighted by Crippen LogP contribution is 2.67. The van der Waals surface area contributed by atoms with Crippen LogP contribution in [0.2, 0.25) is 0 Å². The maximum atomic E-state index is 14.4. The summed E-state index contributed by atoms with van der Waals surface area (Å²) >= 11 is 0. The van der Waals surface area contributed by atoms with Gasteiger partial charge in [-0.25, -0.2) is 14.4 Å². The summed E-state index contributed by atoms with van der Waals surface area (Å²) < 4.78 is 36.5. The van der Waals surface area contributed by atoms with Crippen LogP contribution in [0.5, 0.6) is 5.75 Å². The minimum Gasteiger partial charge on any atom is -0.483 e. The van der Waals surface area contributed by atoms with Crippen molar-refractivity contribution in [1.29, 1.82) is 0 Å². The SMILES string of the molecule is Cc1cc(=O)oc2c3c(ccc12)OC(C)(C)[C@H](OC(=O)[C@@]12CC[C@](C)(C(=O)O1)C2(C)C)[C@@H]3OC(=O)[C@@]12CC[C@](C)(C(=O)O1)C2(C)C. The lowest BCUT2D eigenvalue weighted by Gasteiger charge is -2.45. The first kappa shape index (κ1) is 30.7. The van der Waals surface area contributed by atoms with Gasteiger partial charge in [-0.2, -0.15) is 0 Å². The zero-order chi connectivity index (χ0) is 33.6. The zero-order valence-electron chi connectivity index (χ0n) is 27.7. The zero-order valence-corrected chi connectivity index (χ0v) is 27.7. The summed E-state index contributed by atoms with van der Waals surface area (Å²) in [5, 5.41) is 0.572. The van der Waals surface area contributed by atoms with Gasteiger partial charge in [0.05, 0.1) is 16.4 Å². The first-order chi connectivity index (χ1) is 21.2. The van der Waals surface area contributed by atoms with Crippen LogP contribution < -0.4 is 10.4 Å². The Kier molecular flexibility index (Phi) is 5.83. The largest absolute Gasteiger partial charge is 0.483 e. The highest BCUT2D eigenvalue weighted by atomic mass is 16.7. The fourth-order valence-corrected chi connectivity index (χ4v) is 8.75. The van der Waals surface area contributed by atoms with E-state index in [2.05, 4.69) is 0 Å². The molecular weight excluding hydrogens is 596 g/mol. The van der Waals surface area contributed by atoms with Crippen LogP contribution in [-0.2, 0) is 38.1 Å². The molecule has 0 amide bonds. The van der Waals surface area contributed by atoms with Gasteiger partial charge in [-0.15, -0.1) is 0 Å². The van der Waals surface area contributed by atoms with Crippen LogP contribution in [0.3, 0.4) is 0 Å². The summed E-state index contributed by atoms with van der Waals surface area (Å²) in [5.74, 6) is -2.25. The Morgan fingerprint density at radius 1 is 0.739 bits per heavy atom. The second kappa shape index (κ2) is 8.72. The van der Waals surface area contributed by atoms with Gasteiger partial charge in [0.25, 0.3) is 0 Å². The average Bonchev–Trinajstić information content (AvgIpc) is 3.42. The van der Waals surface area contributed by atoms with Crippen molar-refractivity contribution >= 4 is 34.8 Å². The van der Waals surface area contributed by atoms with E-state index in [1.807, 2.05) is 27.7 Å². The Morgan fingerprint density at radius 2 is 1.26 bits per heavy atom. The topological polar surface area (TPSA) is 145 Å². The minimum atomic E-state index is -1.59. The van der Waals surface area contributed by atoms with Crippen molar-refractivity contribution < 1.29 is 47.3 Å². The third-order valence-corrected chi connectivity index (χ3v) is 13.0. The van der Waals surface area contributed by atoms with E-state index in [1.54, 1.807) is 46.8 Å². The Balaban J connectivity index is 1.37. The number of hydrogen-bond acceptors (Lipinski definition) is 11. The fraction of sp³-hybridized carbons (Fsp3) is 0.629. The molecule has 11 nitrogen and oxygen atoms in total. The molecule has 46 heavy (non-hydrogen) atoms. The van der Waals surface area contributed by atoms with Crippen LogP contribution in [0.4, 0.5) is 0 Å². The molecule has 4 heterocycles. The summed E-state index contributed by atoms with van der Waals surface area (Å²) in [6.07, 6.45) is -1.27. The predicted octanol–water partition coefficient (Wildman–Crippen LogP) is 5.01. The molecule has 0 N–H and O–H groups in total. The van der Waals surface area contributed by atoms with E-state index in [-0.39, 0.29) is 29.7 Å². The molecule has 2 aliphatic carbocycles. The van der Waals surface area contributed by atoms with Gasteiger partial charge in [-0.1, -0.05) is 27.7 Å². The van der Waals surface area contributed by atoms with E-state index < -0.39 is 80.2 Å². The summed E-state index contributed by atoms with van der Waals surface area (Å²) in [6.45, 7) is 16.0. The fourth-order valence-electron chi connectivity index (χ4n) is 8.75. The summed E-state index contributed by atoms with van der Waals surface area (Å²) in [6, 6.07) is 4.79. The molecule has 4 bridgehead atoms. The van der Waals surface area contributed by atoms with Gasteiger partial charge in [-0.3, -0.25) is 9.59 Å². The van der Waals surface area contributed by atoms with Crippen molar-refractivity contribution in [3.05, 3.63) is 39.7 Å². The lowest BCUT2D eigenvalue weighted by molar-refractivity contribution is -0.217. The third kappa shape index (κ3) is 3.31. The number of carbonyl (C=O) groups is 4. The van der Waals surface area contributed by atoms with Crippen LogP contribution in [0.25, 0.3) is 11.0 Å². The normalized spacial score (nSPS) is 37.3. The summed E-state index contributed by atoms with van der Waals surface area (Å²) in [4.78, 5) is 67.5. The Bertz CT molecular complexity index is 1830. The number of carbonyl (C=O) groups excluding carboxylic acids is 4. The Hall–Kier alpha value is -3.89. The monoisotopic (exact) mass is 636 g/mol. The summed E-state index contributed by atoms with van der Waals surface area (Å²) in [7, 11) is 0. The second-order valence-corrected chi connectivity index (χ2v) is 15.8. The number of esters is 4. The van der Waals surface area contributed by atoms with Gasteiger partial charge in [-0.05, 0) is 78.0 Å². The summed E-state index contributed by atoms with van der Waals surface area (Å²) in [5.41, 5.74) is -7.72. The van der Waals surface area contributed by atoms with Gasteiger partial charge >= 0.3 is 29.5 Å². The molecule has 2 saturated heterocycles. The lowest BCUT2D eigenvalue weighted by Crippen LogP contribution is -2.57. The van der Waals surface area contributed by atoms with Gasteiger partial charge in [0.1, 0.15) is 16.9 Å². The maximum absolute atomic E-state index is 14.4. The standard InChI is InChI=1S/C35H40O11/c1-17-16-20(36)41-22-18(17)10-11-19-21(22)23(42-27(39)34-14-12-32(8,25(37)45-34)30(34,4)5)24(29(2,3)44-19)43-28(40)35-15-13-33(9,26(38)46-35)31(35,6)7/h10-11,16,23-24H,12-15H2,1-9H3/t23-,24-,32-,33-,34-,35-/m1/s1. The molecule has 0 radical (unpaired) electrons. The number of fused-ring (bicyclic) bond motifs is 7. The molecule has 0 unspecified atom stereocenters. The molecule has 1 aromatic heterocycles. The number of benzene rings is 1.